The second kappa shape index (κ2) is 7.94. The van der Waals surface area contributed by atoms with Gasteiger partial charge in [-0.05, 0) is 17.7 Å². The van der Waals surface area contributed by atoms with Crippen molar-refractivity contribution in [1.29, 1.82) is 0 Å². The number of H-pyrrole nitrogens is 1. The maximum Gasteiger partial charge on any atom is 0.225 e. The van der Waals surface area contributed by atoms with Gasteiger partial charge >= 0.3 is 0 Å². The summed E-state index contributed by atoms with van der Waals surface area (Å²) in [6.07, 6.45) is 2.02. The molecule has 2 heterocycles. The first-order valence-electron chi connectivity index (χ1n) is 9.48. The molecule has 1 aromatic heterocycles. The van der Waals surface area contributed by atoms with Crippen LogP contribution in [-0.4, -0.2) is 44.7 Å². The quantitative estimate of drug-likeness (QED) is 0.590. The summed E-state index contributed by atoms with van der Waals surface area (Å²) in [5, 5.41) is 7.42. The number of nitrogens with one attached hydrogen (secondary N) is 3. The highest BCUT2D eigenvalue weighted by Crippen LogP contribution is 2.40. The Labute approximate surface area is 164 Å². The Morgan fingerprint density at radius 3 is 2.64 bits per heavy atom. The first-order valence-corrected chi connectivity index (χ1v) is 9.48. The number of amides is 1. The zero-order chi connectivity index (χ0) is 19.5. The Bertz CT molecular complexity index is 978. The van der Waals surface area contributed by atoms with E-state index in [2.05, 4.69) is 27.8 Å². The van der Waals surface area contributed by atoms with Gasteiger partial charge in [0, 0.05) is 48.2 Å². The van der Waals surface area contributed by atoms with E-state index in [0.717, 1.165) is 35.1 Å². The lowest BCUT2D eigenvalue weighted by Crippen LogP contribution is -2.51. The summed E-state index contributed by atoms with van der Waals surface area (Å²) in [6, 6.07) is 14.1. The Morgan fingerprint density at radius 2 is 1.93 bits per heavy atom. The molecule has 3 aromatic rings. The Morgan fingerprint density at radius 1 is 1.11 bits per heavy atom. The van der Waals surface area contributed by atoms with Crippen LogP contribution >= 0.6 is 0 Å². The molecule has 0 radical (unpaired) electrons. The fourth-order valence-electron chi connectivity index (χ4n) is 3.78. The highest BCUT2D eigenvalue weighted by atomic mass is 16.5. The minimum atomic E-state index is -0.0711. The second-order valence-corrected chi connectivity index (χ2v) is 7.03. The number of rotatable bonds is 7. The van der Waals surface area contributed by atoms with Crippen LogP contribution in [0.2, 0.25) is 0 Å². The molecule has 1 aliphatic heterocycles. The first-order chi connectivity index (χ1) is 13.7. The predicted molar refractivity (Wildman–Crippen MR) is 109 cm³/mol. The van der Waals surface area contributed by atoms with E-state index in [9.17, 15) is 4.79 Å². The molecule has 0 bridgehead atoms. The van der Waals surface area contributed by atoms with Gasteiger partial charge < -0.3 is 25.1 Å². The third kappa shape index (κ3) is 3.31. The number of aromatic nitrogens is 1. The van der Waals surface area contributed by atoms with E-state index < -0.39 is 0 Å². The Hall–Kier alpha value is -2.99. The lowest BCUT2D eigenvalue weighted by atomic mass is 9.89. The van der Waals surface area contributed by atoms with Gasteiger partial charge in [-0.15, -0.1) is 0 Å². The van der Waals surface area contributed by atoms with E-state index in [1.807, 2.05) is 36.5 Å². The molecule has 1 atom stereocenters. The number of hydrogen-bond donors (Lipinski definition) is 3. The molecular weight excluding hydrogens is 354 g/mol. The summed E-state index contributed by atoms with van der Waals surface area (Å²) in [5.41, 5.74) is 3.17. The summed E-state index contributed by atoms with van der Waals surface area (Å²) in [6.45, 7) is 1.97. The van der Waals surface area contributed by atoms with Gasteiger partial charge in [0.1, 0.15) is 0 Å². The minimum Gasteiger partial charge on any atom is -0.493 e. The van der Waals surface area contributed by atoms with E-state index in [1.165, 1.54) is 0 Å². The van der Waals surface area contributed by atoms with E-state index in [0.29, 0.717) is 18.0 Å². The molecule has 6 nitrogen and oxygen atoms in total. The van der Waals surface area contributed by atoms with Crippen LogP contribution in [0.1, 0.15) is 17.0 Å². The number of para-hydroxylation sites is 2. The molecule has 0 aliphatic carbocycles. The van der Waals surface area contributed by atoms with Gasteiger partial charge in [0.2, 0.25) is 5.91 Å². The minimum absolute atomic E-state index is 0.0517. The normalized spacial score (nSPS) is 15.1. The number of carbonyl (C=O) groups excluding carboxylic acids is 1. The number of aromatic amines is 1. The maximum absolute atomic E-state index is 12.5. The molecule has 0 spiro atoms. The van der Waals surface area contributed by atoms with Gasteiger partial charge in [0.25, 0.3) is 0 Å². The monoisotopic (exact) mass is 379 g/mol. The molecule has 1 fully saturated rings. The third-order valence-corrected chi connectivity index (χ3v) is 5.44. The van der Waals surface area contributed by atoms with Crippen molar-refractivity contribution in [1.82, 2.24) is 15.6 Å². The van der Waals surface area contributed by atoms with Crippen LogP contribution in [0, 0.1) is 5.92 Å². The summed E-state index contributed by atoms with van der Waals surface area (Å²) in [7, 11) is 3.28. The fraction of sp³-hybridized carbons (Fsp3) is 0.318. The van der Waals surface area contributed by atoms with Crippen molar-refractivity contribution < 1.29 is 14.3 Å². The van der Waals surface area contributed by atoms with Crippen molar-refractivity contribution in [3.05, 3.63) is 59.8 Å². The van der Waals surface area contributed by atoms with Gasteiger partial charge in [-0.1, -0.05) is 30.3 Å². The van der Waals surface area contributed by atoms with E-state index in [4.69, 9.17) is 9.47 Å². The van der Waals surface area contributed by atoms with Crippen molar-refractivity contribution in [3.63, 3.8) is 0 Å². The fourth-order valence-corrected chi connectivity index (χ4v) is 3.78. The molecule has 2 aromatic carbocycles. The van der Waals surface area contributed by atoms with Crippen molar-refractivity contribution >= 4 is 16.8 Å². The molecule has 1 unspecified atom stereocenters. The van der Waals surface area contributed by atoms with E-state index >= 15 is 0 Å². The van der Waals surface area contributed by atoms with Crippen LogP contribution in [-0.2, 0) is 4.79 Å². The molecule has 1 aliphatic rings. The van der Waals surface area contributed by atoms with Gasteiger partial charge in [0.05, 0.1) is 20.1 Å². The van der Waals surface area contributed by atoms with Gasteiger partial charge in [0.15, 0.2) is 11.5 Å². The first kappa shape index (κ1) is 18.4. The summed E-state index contributed by atoms with van der Waals surface area (Å²) >= 11 is 0. The van der Waals surface area contributed by atoms with Crippen LogP contribution in [0.15, 0.2) is 48.7 Å². The Kier molecular flexibility index (Phi) is 5.21. The standard InChI is InChI=1S/C22H25N3O3/c1-27-20-9-5-7-16(21(20)28-2)18(13-25-22(26)14-10-23-11-14)17-12-24-19-8-4-3-6-15(17)19/h3-9,12,14,18,23-24H,10-11,13H2,1-2H3,(H,25,26). The van der Waals surface area contributed by atoms with E-state index in [1.54, 1.807) is 14.2 Å². The van der Waals surface area contributed by atoms with Crippen molar-refractivity contribution in [3.8, 4) is 11.5 Å². The number of fused-ring (bicyclic) bond motifs is 1. The smallest absolute Gasteiger partial charge is 0.225 e. The largest absolute Gasteiger partial charge is 0.493 e. The molecule has 0 saturated carbocycles. The molecule has 3 N–H and O–H groups in total. The van der Waals surface area contributed by atoms with Crippen LogP contribution < -0.4 is 20.1 Å². The molecule has 146 valence electrons. The van der Waals surface area contributed by atoms with Crippen LogP contribution in [0.3, 0.4) is 0 Å². The SMILES string of the molecule is COc1cccc(C(CNC(=O)C2CNC2)c2c[nH]c3ccccc23)c1OC. The van der Waals surface area contributed by atoms with Crippen LogP contribution in [0.4, 0.5) is 0 Å². The molecule has 4 rings (SSSR count). The third-order valence-electron chi connectivity index (χ3n) is 5.44. The second-order valence-electron chi connectivity index (χ2n) is 7.03. The van der Waals surface area contributed by atoms with Gasteiger partial charge in [-0.2, -0.15) is 0 Å². The van der Waals surface area contributed by atoms with Gasteiger partial charge in [-0.3, -0.25) is 4.79 Å². The van der Waals surface area contributed by atoms with Gasteiger partial charge in [-0.25, -0.2) is 0 Å². The molecule has 1 amide bonds. The van der Waals surface area contributed by atoms with Crippen molar-refractivity contribution in [2.75, 3.05) is 33.9 Å². The topological polar surface area (TPSA) is 75.4 Å². The number of benzene rings is 2. The van der Waals surface area contributed by atoms with Crippen molar-refractivity contribution in [2.24, 2.45) is 5.92 Å². The average Bonchev–Trinajstić information content (AvgIpc) is 3.10. The Balaban J connectivity index is 1.74. The lowest BCUT2D eigenvalue weighted by Gasteiger charge is -2.27. The molecule has 1 saturated heterocycles. The predicted octanol–water partition coefficient (Wildman–Crippen LogP) is 2.65. The average molecular weight is 379 g/mol. The van der Waals surface area contributed by atoms with E-state index in [-0.39, 0.29) is 17.7 Å². The molecule has 28 heavy (non-hydrogen) atoms. The maximum atomic E-state index is 12.5. The summed E-state index contributed by atoms with van der Waals surface area (Å²) in [5.74, 6) is 1.44. The van der Waals surface area contributed by atoms with Crippen LogP contribution in [0.5, 0.6) is 11.5 Å². The lowest BCUT2D eigenvalue weighted by molar-refractivity contribution is -0.126. The molecular formula is C22H25N3O3. The van der Waals surface area contributed by atoms with Crippen molar-refractivity contribution in [2.45, 2.75) is 5.92 Å². The summed E-state index contributed by atoms with van der Waals surface area (Å²) < 4.78 is 11.2. The molecule has 6 heteroatoms. The number of methoxy groups -OCH3 is 2. The van der Waals surface area contributed by atoms with Crippen LogP contribution in [0.25, 0.3) is 10.9 Å². The zero-order valence-corrected chi connectivity index (χ0v) is 16.1. The number of carbonyl (C=O) groups is 1. The highest BCUT2D eigenvalue weighted by molar-refractivity contribution is 5.85. The summed E-state index contributed by atoms with van der Waals surface area (Å²) in [4.78, 5) is 15.8. The number of hydrogen-bond acceptors (Lipinski definition) is 4. The highest BCUT2D eigenvalue weighted by Gasteiger charge is 2.28. The number of ether oxygens (including phenoxy) is 2. The zero-order valence-electron chi connectivity index (χ0n) is 16.1.